The summed E-state index contributed by atoms with van der Waals surface area (Å²) in [4.78, 5) is 37.0. The zero-order chi connectivity index (χ0) is 23.7. The van der Waals surface area contributed by atoms with Crippen molar-refractivity contribution in [3.8, 4) is 11.1 Å². The highest BCUT2D eigenvalue weighted by atomic mass is 16.5. The van der Waals surface area contributed by atoms with Crippen molar-refractivity contribution >= 4 is 18.0 Å². The topological polar surface area (TPSA) is 105 Å². The molecule has 7 nitrogen and oxygen atoms in total. The molecule has 0 aliphatic heterocycles. The van der Waals surface area contributed by atoms with Crippen molar-refractivity contribution in [1.82, 2.24) is 10.6 Å². The van der Waals surface area contributed by atoms with E-state index in [2.05, 4.69) is 22.8 Å². The SMILES string of the molecule is O=C(O)CC(NC(=O)OCC1c2ccccc2-c2ccccc21)C(=O)NC1(C2CCCC2)CC1. The average molecular weight is 463 g/mol. The molecule has 5 rings (SSSR count). The number of carboxylic acid groups (broad SMARTS) is 1. The third kappa shape index (κ3) is 4.39. The second-order valence-electron chi connectivity index (χ2n) is 9.75. The number of carbonyl (C=O) groups is 3. The molecule has 178 valence electrons. The number of hydrogen-bond acceptors (Lipinski definition) is 4. The maximum absolute atomic E-state index is 13.0. The first-order chi connectivity index (χ1) is 16.5. The molecule has 2 aromatic rings. The van der Waals surface area contributed by atoms with Gasteiger partial charge in [-0.15, -0.1) is 0 Å². The molecule has 0 saturated heterocycles. The number of hydrogen-bond donors (Lipinski definition) is 3. The quantitative estimate of drug-likeness (QED) is 0.545. The molecule has 2 aromatic carbocycles. The van der Waals surface area contributed by atoms with Crippen LogP contribution in [0.25, 0.3) is 11.1 Å². The summed E-state index contributed by atoms with van der Waals surface area (Å²) in [5.41, 5.74) is 4.19. The number of carbonyl (C=O) groups excluding carboxylic acids is 2. The van der Waals surface area contributed by atoms with Crippen molar-refractivity contribution in [3.05, 3.63) is 59.7 Å². The molecule has 7 heteroatoms. The van der Waals surface area contributed by atoms with Crippen LogP contribution in [0.5, 0.6) is 0 Å². The summed E-state index contributed by atoms with van der Waals surface area (Å²) in [5, 5.41) is 14.9. The van der Waals surface area contributed by atoms with E-state index in [9.17, 15) is 19.5 Å². The van der Waals surface area contributed by atoms with Crippen molar-refractivity contribution in [2.45, 2.75) is 62.4 Å². The van der Waals surface area contributed by atoms with Gasteiger partial charge in [0.2, 0.25) is 5.91 Å². The number of rotatable bonds is 8. The van der Waals surface area contributed by atoms with E-state index in [0.29, 0.717) is 5.92 Å². The highest BCUT2D eigenvalue weighted by Crippen LogP contribution is 2.49. The Balaban J connectivity index is 1.23. The van der Waals surface area contributed by atoms with Crippen molar-refractivity contribution in [1.29, 1.82) is 0 Å². The fraction of sp³-hybridized carbons (Fsp3) is 0.444. The number of benzene rings is 2. The van der Waals surface area contributed by atoms with Gasteiger partial charge in [-0.3, -0.25) is 9.59 Å². The number of carboxylic acids is 1. The molecule has 3 aliphatic rings. The zero-order valence-electron chi connectivity index (χ0n) is 19.1. The lowest BCUT2D eigenvalue weighted by molar-refractivity contribution is -0.140. The molecule has 3 aliphatic carbocycles. The van der Waals surface area contributed by atoms with Gasteiger partial charge in [0.25, 0.3) is 0 Å². The molecule has 1 atom stereocenters. The molecule has 0 heterocycles. The Morgan fingerprint density at radius 2 is 1.56 bits per heavy atom. The lowest BCUT2D eigenvalue weighted by atomic mass is 9.95. The second kappa shape index (κ2) is 9.12. The summed E-state index contributed by atoms with van der Waals surface area (Å²) in [6.45, 7) is 0.104. The Bertz CT molecular complexity index is 1060. The summed E-state index contributed by atoms with van der Waals surface area (Å²) in [7, 11) is 0. The van der Waals surface area contributed by atoms with Gasteiger partial charge in [0.1, 0.15) is 12.6 Å². The molecule has 0 spiro atoms. The summed E-state index contributed by atoms with van der Waals surface area (Å²) in [6.07, 6.45) is 5.05. The van der Waals surface area contributed by atoms with Crippen LogP contribution in [0.2, 0.25) is 0 Å². The normalized spacial score (nSPS) is 19.1. The van der Waals surface area contributed by atoms with Crippen LogP contribution in [0.1, 0.15) is 62.0 Å². The first kappa shape index (κ1) is 22.4. The first-order valence-corrected chi connectivity index (χ1v) is 12.1. The van der Waals surface area contributed by atoms with E-state index in [1.165, 1.54) is 12.8 Å². The van der Waals surface area contributed by atoms with E-state index in [4.69, 9.17) is 4.74 Å². The van der Waals surface area contributed by atoms with Gasteiger partial charge in [-0.2, -0.15) is 0 Å². The van der Waals surface area contributed by atoms with Crippen molar-refractivity contribution in [2.24, 2.45) is 5.92 Å². The maximum Gasteiger partial charge on any atom is 0.407 e. The maximum atomic E-state index is 13.0. The molecule has 0 aromatic heterocycles. The summed E-state index contributed by atoms with van der Waals surface area (Å²) < 4.78 is 5.52. The number of ether oxygens (including phenoxy) is 1. The van der Waals surface area contributed by atoms with Crippen molar-refractivity contribution in [2.75, 3.05) is 6.61 Å². The number of fused-ring (bicyclic) bond motifs is 3. The average Bonchev–Trinajstić information content (AvgIpc) is 3.26. The van der Waals surface area contributed by atoms with Crippen molar-refractivity contribution < 1.29 is 24.2 Å². The largest absolute Gasteiger partial charge is 0.481 e. The van der Waals surface area contributed by atoms with Gasteiger partial charge in [-0.25, -0.2) is 4.79 Å². The van der Waals surface area contributed by atoms with Crippen LogP contribution in [0.15, 0.2) is 48.5 Å². The van der Waals surface area contributed by atoms with Gasteiger partial charge in [0, 0.05) is 11.5 Å². The standard InChI is InChI=1S/C27H30N2O5/c30-24(31)15-23(25(32)29-27(13-14-27)17-7-1-2-8-17)28-26(33)34-16-22-20-11-5-3-9-18(20)19-10-4-6-12-21(19)22/h3-6,9-12,17,22-23H,1-2,7-8,13-16H2,(H,28,33)(H,29,32)(H,30,31). The molecular formula is C27H30N2O5. The molecule has 2 saturated carbocycles. The summed E-state index contributed by atoms with van der Waals surface area (Å²) >= 11 is 0. The van der Waals surface area contributed by atoms with Crippen molar-refractivity contribution in [3.63, 3.8) is 0 Å². The van der Waals surface area contributed by atoms with Gasteiger partial charge in [0.05, 0.1) is 6.42 Å². The third-order valence-electron chi connectivity index (χ3n) is 7.63. The summed E-state index contributed by atoms with van der Waals surface area (Å²) in [6, 6.07) is 14.9. The highest BCUT2D eigenvalue weighted by molar-refractivity contribution is 5.90. The predicted octanol–water partition coefficient (Wildman–Crippen LogP) is 4.21. The van der Waals surface area contributed by atoms with Gasteiger partial charge in [0.15, 0.2) is 0 Å². The van der Waals surface area contributed by atoms with E-state index in [-0.39, 0.29) is 18.1 Å². The molecule has 2 amide bonds. The van der Waals surface area contributed by atoms with Crippen LogP contribution < -0.4 is 10.6 Å². The molecule has 34 heavy (non-hydrogen) atoms. The van der Waals surface area contributed by atoms with Gasteiger partial charge >= 0.3 is 12.1 Å². The van der Waals surface area contributed by atoms with E-state index < -0.39 is 30.4 Å². The number of alkyl carbamates (subject to hydrolysis) is 1. The Kier molecular flexibility index (Phi) is 6.02. The Hall–Kier alpha value is -3.35. The van der Waals surface area contributed by atoms with E-state index in [1.807, 2.05) is 36.4 Å². The van der Waals surface area contributed by atoms with E-state index in [0.717, 1.165) is 47.9 Å². The number of amides is 2. The van der Waals surface area contributed by atoms with Crippen LogP contribution >= 0.6 is 0 Å². The molecule has 1 unspecified atom stereocenters. The number of aliphatic carboxylic acids is 1. The second-order valence-corrected chi connectivity index (χ2v) is 9.75. The fourth-order valence-corrected chi connectivity index (χ4v) is 5.75. The van der Waals surface area contributed by atoms with Crippen LogP contribution in [-0.2, 0) is 14.3 Å². The monoisotopic (exact) mass is 462 g/mol. The minimum Gasteiger partial charge on any atom is -0.481 e. The molecule has 0 radical (unpaired) electrons. The van der Waals surface area contributed by atoms with Crippen LogP contribution in [0.4, 0.5) is 4.79 Å². The minimum absolute atomic E-state index is 0.104. The van der Waals surface area contributed by atoms with Crippen LogP contribution in [0, 0.1) is 5.92 Å². The Morgan fingerprint density at radius 3 is 2.12 bits per heavy atom. The lowest BCUT2D eigenvalue weighted by Gasteiger charge is -2.27. The molecule has 0 bridgehead atoms. The zero-order valence-corrected chi connectivity index (χ0v) is 19.1. The smallest absolute Gasteiger partial charge is 0.407 e. The highest BCUT2D eigenvalue weighted by Gasteiger charge is 2.51. The fourth-order valence-electron chi connectivity index (χ4n) is 5.75. The van der Waals surface area contributed by atoms with Crippen LogP contribution in [0.3, 0.4) is 0 Å². The molecular weight excluding hydrogens is 432 g/mol. The number of nitrogens with one attached hydrogen (secondary N) is 2. The first-order valence-electron chi connectivity index (χ1n) is 12.1. The molecule has 3 N–H and O–H groups in total. The lowest BCUT2D eigenvalue weighted by Crippen LogP contribution is -2.53. The van der Waals surface area contributed by atoms with Gasteiger partial charge in [-0.05, 0) is 53.9 Å². The van der Waals surface area contributed by atoms with Gasteiger partial charge in [-0.1, -0.05) is 61.4 Å². The predicted molar refractivity (Wildman–Crippen MR) is 126 cm³/mol. The van der Waals surface area contributed by atoms with Gasteiger partial charge < -0.3 is 20.5 Å². The summed E-state index contributed by atoms with van der Waals surface area (Å²) in [5.74, 6) is -1.26. The minimum atomic E-state index is -1.17. The van der Waals surface area contributed by atoms with Crippen LogP contribution in [-0.4, -0.2) is 41.3 Å². The third-order valence-corrected chi connectivity index (χ3v) is 7.63. The van der Waals surface area contributed by atoms with E-state index in [1.54, 1.807) is 0 Å². The Morgan fingerprint density at radius 1 is 0.971 bits per heavy atom. The van der Waals surface area contributed by atoms with E-state index >= 15 is 0 Å². The Labute approximate surface area is 198 Å². The molecule has 2 fully saturated rings.